The van der Waals surface area contributed by atoms with Crippen LogP contribution in [0.1, 0.15) is 11.7 Å². The summed E-state index contributed by atoms with van der Waals surface area (Å²) in [7, 11) is 1.68. The Labute approximate surface area is 203 Å². The molecule has 2 aromatic rings. The number of benzene rings is 1. The van der Waals surface area contributed by atoms with Crippen LogP contribution in [0.25, 0.3) is 0 Å². The van der Waals surface area contributed by atoms with Crippen LogP contribution >= 0.6 is 23.5 Å². The number of aryl methyl sites for hydroxylation is 1. The van der Waals surface area contributed by atoms with Gasteiger partial charge in [0.15, 0.2) is 6.10 Å². The number of carbonyl (C=O) groups is 3. The van der Waals surface area contributed by atoms with Crippen molar-refractivity contribution in [3.63, 3.8) is 0 Å². The van der Waals surface area contributed by atoms with Crippen LogP contribution in [0.15, 0.2) is 46.8 Å². The van der Waals surface area contributed by atoms with Gasteiger partial charge in [-0.2, -0.15) is 0 Å². The molecule has 0 aliphatic carbocycles. The van der Waals surface area contributed by atoms with Crippen molar-refractivity contribution in [3.05, 3.63) is 47.2 Å². The second kappa shape index (κ2) is 10.1. The zero-order chi connectivity index (χ0) is 22.1. The Kier molecular flexibility index (Phi) is 7.68. The Morgan fingerprint density at radius 1 is 1.34 bits per heavy atom. The zero-order valence-electron chi connectivity index (χ0n) is 17.2. The second-order valence-electron chi connectivity index (χ2n) is 6.84. The standard InChI is InChI=1S/C18H18N6O5S2.Li/c1-23-18(20-21-22-23)31-8-10-7-30-16-11(15(27)24(16)12(10)17(28)29)19-14(26)13(25)9-5-3-2-4-6-9;/h2-6,11,13,16,25H,7-8H2,1H3,(H,19,26)(H,28,29);/t11-,13-,16-;/m1./s1. The molecule has 3 N–H and O–H groups in total. The smallest absolute Gasteiger partial charge is 0.352 e. The fraction of sp³-hybridized carbons (Fsp3) is 0.333. The fourth-order valence-electron chi connectivity index (χ4n) is 3.31. The van der Waals surface area contributed by atoms with Gasteiger partial charge in [-0.25, -0.2) is 9.48 Å². The van der Waals surface area contributed by atoms with E-state index in [9.17, 15) is 24.6 Å². The third-order valence-electron chi connectivity index (χ3n) is 4.87. The number of carboxylic acid groups (broad SMARTS) is 1. The summed E-state index contributed by atoms with van der Waals surface area (Å²) in [6.45, 7) is 0. The number of hydrogen-bond donors (Lipinski definition) is 3. The van der Waals surface area contributed by atoms with Crippen LogP contribution in [0, 0.1) is 0 Å². The summed E-state index contributed by atoms with van der Waals surface area (Å²) in [5, 5.41) is 33.6. The molecule has 3 atom stereocenters. The summed E-state index contributed by atoms with van der Waals surface area (Å²) in [5.41, 5.74) is 0.901. The molecule has 2 aliphatic heterocycles. The minimum Gasteiger partial charge on any atom is -0.477 e. The summed E-state index contributed by atoms with van der Waals surface area (Å²) in [6.07, 6.45) is -1.42. The van der Waals surface area contributed by atoms with Gasteiger partial charge in [-0.1, -0.05) is 42.1 Å². The Morgan fingerprint density at radius 3 is 2.69 bits per heavy atom. The molecule has 32 heavy (non-hydrogen) atoms. The average molecular weight is 469 g/mol. The van der Waals surface area contributed by atoms with E-state index >= 15 is 0 Å². The topological polar surface area (TPSA) is 151 Å². The van der Waals surface area contributed by atoms with Crippen molar-refractivity contribution in [1.82, 2.24) is 30.4 Å². The predicted molar refractivity (Wildman–Crippen MR) is 116 cm³/mol. The Balaban J connectivity index is 0.00000289. The van der Waals surface area contributed by atoms with E-state index < -0.39 is 35.3 Å². The third-order valence-corrected chi connectivity index (χ3v) is 7.30. The van der Waals surface area contributed by atoms with Crippen LogP contribution in [0.3, 0.4) is 0 Å². The van der Waals surface area contributed by atoms with Crippen molar-refractivity contribution in [2.75, 3.05) is 11.5 Å². The first kappa shape index (κ1) is 24.3. The van der Waals surface area contributed by atoms with Gasteiger partial charge in [-0.05, 0) is 21.6 Å². The first-order valence-corrected chi connectivity index (χ1v) is 11.2. The van der Waals surface area contributed by atoms with Gasteiger partial charge in [0.25, 0.3) is 11.8 Å². The van der Waals surface area contributed by atoms with Crippen molar-refractivity contribution >= 4 is 60.2 Å². The number of carboxylic acids is 1. The summed E-state index contributed by atoms with van der Waals surface area (Å²) in [5.74, 6) is -1.75. The van der Waals surface area contributed by atoms with Crippen LogP contribution in [0.2, 0.25) is 0 Å². The van der Waals surface area contributed by atoms with Crippen molar-refractivity contribution in [1.29, 1.82) is 0 Å². The molecular formula is C18H18LiN6O5S2. The van der Waals surface area contributed by atoms with Crippen molar-refractivity contribution < 1.29 is 24.6 Å². The van der Waals surface area contributed by atoms with Crippen molar-refractivity contribution in [3.8, 4) is 0 Å². The van der Waals surface area contributed by atoms with E-state index in [-0.39, 0.29) is 24.6 Å². The molecule has 163 valence electrons. The van der Waals surface area contributed by atoms with Gasteiger partial charge in [0.05, 0.1) is 0 Å². The molecule has 2 amide bonds. The molecule has 2 aliphatic rings. The minimum absolute atomic E-state index is 0. The predicted octanol–water partition coefficient (Wildman–Crippen LogP) is -0.606. The molecule has 1 fully saturated rings. The molecule has 0 unspecified atom stereocenters. The van der Waals surface area contributed by atoms with Gasteiger partial charge in [0, 0.05) is 37.4 Å². The Morgan fingerprint density at radius 2 is 2.06 bits per heavy atom. The fourth-order valence-corrected chi connectivity index (χ4v) is 5.64. The molecule has 1 radical (unpaired) electrons. The number of β-lactam (4-membered cyclic amide) rings is 1. The van der Waals surface area contributed by atoms with Crippen LogP contribution in [-0.4, -0.2) is 94.9 Å². The number of nitrogens with zero attached hydrogens (tertiary/aromatic N) is 5. The normalized spacial score (nSPS) is 20.7. The molecule has 0 bridgehead atoms. The van der Waals surface area contributed by atoms with Crippen LogP contribution in [0.5, 0.6) is 0 Å². The number of amides is 2. The van der Waals surface area contributed by atoms with Gasteiger partial charge in [0.2, 0.25) is 5.16 Å². The van der Waals surface area contributed by atoms with Gasteiger partial charge in [-0.3, -0.25) is 14.5 Å². The van der Waals surface area contributed by atoms with Gasteiger partial charge in [0.1, 0.15) is 17.1 Å². The first-order chi connectivity index (χ1) is 14.9. The number of aromatic nitrogens is 4. The summed E-state index contributed by atoms with van der Waals surface area (Å²) < 4.78 is 1.48. The van der Waals surface area contributed by atoms with Crippen LogP contribution < -0.4 is 5.32 Å². The van der Waals surface area contributed by atoms with E-state index in [0.29, 0.717) is 27.8 Å². The van der Waals surface area contributed by atoms with Crippen LogP contribution in [-0.2, 0) is 21.4 Å². The number of nitrogens with one attached hydrogen (secondary N) is 1. The maximum Gasteiger partial charge on any atom is 0.352 e. The molecule has 11 nitrogen and oxygen atoms in total. The summed E-state index contributed by atoms with van der Waals surface area (Å²) >= 11 is 2.64. The quantitative estimate of drug-likeness (QED) is 0.272. The van der Waals surface area contributed by atoms with E-state index in [1.54, 1.807) is 37.4 Å². The van der Waals surface area contributed by atoms with Crippen molar-refractivity contribution in [2.45, 2.75) is 22.7 Å². The molecule has 1 saturated heterocycles. The number of thioether (sulfide) groups is 2. The number of aliphatic hydroxyl groups excluding tert-OH is 1. The molecular weight excluding hydrogens is 451 g/mol. The number of rotatable bonds is 7. The molecule has 1 aromatic carbocycles. The van der Waals surface area contributed by atoms with E-state index in [1.807, 2.05) is 0 Å². The monoisotopic (exact) mass is 469 g/mol. The molecule has 0 spiro atoms. The Hall–Kier alpha value is -2.30. The zero-order valence-corrected chi connectivity index (χ0v) is 18.8. The molecule has 14 heteroatoms. The largest absolute Gasteiger partial charge is 0.477 e. The number of aliphatic hydroxyl groups is 1. The van der Waals surface area contributed by atoms with E-state index in [0.717, 1.165) is 0 Å². The number of fused-ring (bicyclic) bond motifs is 1. The molecule has 3 heterocycles. The van der Waals surface area contributed by atoms with E-state index in [4.69, 9.17) is 0 Å². The van der Waals surface area contributed by atoms with E-state index in [1.165, 1.54) is 33.1 Å². The number of hydrogen-bond acceptors (Lipinski definition) is 9. The van der Waals surface area contributed by atoms with Crippen molar-refractivity contribution in [2.24, 2.45) is 7.05 Å². The molecule has 1 aromatic heterocycles. The first-order valence-electron chi connectivity index (χ1n) is 9.17. The molecule has 0 saturated carbocycles. The SMILES string of the molecule is Cn1nnnc1SCC1=C(C(=O)O)N2C(=O)[C@@H](NC(=O)[C@H](O)c3ccccc3)[C@H]2SC1.[Li]. The number of aliphatic carboxylic acids is 1. The summed E-state index contributed by atoms with van der Waals surface area (Å²) in [4.78, 5) is 38.2. The minimum atomic E-state index is -1.42. The summed E-state index contributed by atoms with van der Waals surface area (Å²) in [6, 6.07) is 7.46. The maximum atomic E-state index is 12.7. The average Bonchev–Trinajstić information content (AvgIpc) is 3.19. The van der Waals surface area contributed by atoms with Crippen LogP contribution in [0.4, 0.5) is 0 Å². The van der Waals surface area contributed by atoms with Gasteiger partial charge < -0.3 is 15.5 Å². The Bertz CT molecular complexity index is 1070. The molecule has 4 rings (SSSR count). The number of tetrazole rings is 1. The number of carbonyl (C=O) groups excluding carboxylic acids is 2. The van der Waals surface area contributed by atoms with Gasteiger partial charge in [-0.15, -0.1) is 16.9 Å². The second-order valence-corrected chi connectivity index (χ2v) is 8.89. The van der Waals surface area contributed by atoms with Gasteiger partial charge >= 0.3 is 5.97 Å². The maximum absolute atomic E-state index is 12.7. The van der Waals surface area contributed by atoms with E-state index in [2.05, 4.69) is 20.8 Å². The third kappa shape index (κ3) is 4.57.